The highest BCUT2D eigenvalue weighted by atomic mass is 35.5. The van der Waals surface area contributed by atoms with Crippen molar-refractivity contribution in [3.63, 3.8) is 0 Å². The fourth-order valence-corrected chi connectivity index (χ4v) is 4.63. The van der Waals surface area contributed by atoms with Crippen molar-refractivity contribution in [1.82, 2.24) is 4.31 Å². The molecule has 1 heterocycles. The highest BCUT2D eigenvalue weighted by Crippen LogP contribution is 2.42. The maximum Gasteiger partial charge on any atom is 0.243 e. The van der Waals surface area contributed by atoms with Gasteiger partial charge < -0.3 is 4.74 Å². The molecular weight excluding hydrogens is 370 g/mol. The first kappa shape index (κ1) is 17.1. The van der Waals surface area contributed by atoms with Crippen molar-refractivity contribution in [3.05, 3.63) is 89.4 Å². The Kier molecular flexibility index (Phi) is 4.44. The Morgan fingerprint density at radius 2 is 1.46 bits per heavy atom. The molecule has 3 aromatic rings. The van der Waals surface area contributed by atoms with Gasteiger partial charge in [0.15, 0.2) is 0 Å². The van der Waals surface area contributed by atoms with Gasteiger partial charge in [0.05, 0.1) is 10.9 Å². The smallest absolute Gasteiger partial charge is 0.243 e. The quantitative estimate of drug-likeness (QED) is 0.588. The molecule has 1 aliphatic heterocycles. The van der Waals surface area contributed by atoms with Gasteiger partial charge in [0.25, 0.3) is 0 Å². The minimum atomic E-state index is -3.55. The molecule has 4 rings (SSSR count). The van der Waals surface area contributed by atoms with Crippen LogP contribution in [0.3, 0.4) is 0 Å². The Morgan fingerprint density at radius 3 is 2.15 bits per heavy atom. The minimum Gasteiger partial charge on any atom is -0.457 e. The van der Waals surface area contributed by atoms with Gasteiger partial charge in [-0.25, -0.2) is 8.42 Å². The van der Waals surface area contributed by atoms with Gasteiger partial charge in [-0.05, 0) is 48.0 Å². The molecule has 0 amide bonds. The molecule has 3 aromatic carbocycles. The van der Waals surface area contributed by atoms with Crippen molar-refractivity contribution >= 4 is 21.6 Å². The fourth-order valence-electron chi connectivity index (χ4n) is 2.83. The Morgan fingerprint density at radius 1 is 0.846 bits per heavy atom. The lowest BCUT2D eigenvalue weighted by Crippen LogP contribution is -2.12. The second kappa shape index (κ2) is 6.76. The van der Waals surface area contributed by atoms with E-state index in [0.29, 0.717) is 23.1 Å². The molecule has 2 atom stereocenters. The molecule has 132 valence electrons. The molecule has 1 unspecified atom stereocenters. The van der Waals surface area contributed by atoms with E-state index < -0.39 is 10.0 Å². The van der Waals surface area contributed by atoms with E-state index in [4.69, 9.17) is 16.3 Å². The molecule has 0 bridgehead atoms. The molecule has 1 saturated heterocycles. The largest absolute Gasteiger partial charge is 0.457 e. The summed E-state index contributed by atoms with van der Waals surface area (Å²) in [5, 5.41) is 0.585. The van der Waals surface area contributed by atoms with Crippen molar-refractivity contribution in [1.29, 1.82) is 0 Å². The summed E-state index contributed by atoms with van der Waals surface area (Å²) < 4.78 is 32.8. The highest BCUT2D eigenvalue weighted by molar-refractivity contribution is 7.89. The van der Waals surface area contributed by atoms with Crippen molar-refractivity contribution in [3.8, 4) is 11.5 Å². The van der Waals surface area contributed by atoms with Gasteiger partial charge >= 0.3 is 0 Å². The van der Waals surface area contributed by atoms with Crippen LogP contribution >= 0.6 is 11.6 Å². The number of sulfonamides is 1. The van der Waals surface area contributed by atoms with Crippen LogP contribution in [0.15, 0.2) is 83.8 Å². The lowest BCUT2D eigenvalue weighted by Gasteiger charge is -2.09. The number of nitrogens with zero attached hydrogens (tertiary/aromatic N) is 1. The third kappa shape index (κ3) is 3.33. The molecule has 0 aliphatic carbocycles. The van der Waals surface area contributed by atoms with Gasteiger partial charge in [-0.15, -0.1) is 0 Å². The van der Waals surface area contributed by atoms with Crippen LogP contribution in [-0.4, -0.2) is 19.3 Å². The van der Waals surface area contributed by atoms with Crippen LogP contribution in [0, 0.1) is 0 Å². The number of benzene rings is 3. The highest BCUT2D eigenvalue weighted by Gasteiger charge is 2.46. The molecule has 4 nitrogen and oxygen atoms in total. The Bertz CT molecular complexity index is 1020. The summed E-state index contributed by atoms with van der Waals surface area (Å²) in [5.41, 5.74) is 0.835. The predicted octanol–water partition coefficient (Wildman–Crippen LogP) is 4.88. The molecule has 0 spiro atoms. The Balaban J connectivity index is 1.51. The molecule has 0 saturated carbocycles. The van der Waals surface area contributed by atoms with Crippen molar-refractivity contribution in [2.24, 2.45) is 0 Å². The summed E-state index contributed by atoms with van der Waals surface area (Å²) in [6.07, 6.45) is 0. The number of hydrogen-bond donors (Lipinski definition) is 0. The van der Waals surface area contributed by atoms with E-state index in [-0.39, 0.29) is 10.9 Å². The summed E-state index contributed by atoms with van der Waals surface area (Å²) >= 11 is 6.18. The van der Waals surface area contributed by atoms with Gasteiger partial charge in [0.1, 0.15) is 11.5 Å². The van der Waals surface area contributed by atoms with Crippen molar-refractivity contribution in [2.45, 2.75) is 10.9 Å². The molecule has 1 aliphatic rings. The van der Waals surface area contributed by atoms with Crippen LogP contribution in [0.25, 0.3) is 0 Å². The lowest BCUT2D eigenvalue weighted by atomic mass is 10.2. The van der Waals surface area contributed by atoms with Crippen LogP contribution in [0.5, 0.6) is 11.5 Å². The SMILES string of the molecule is O=S(=O)(c1ccc(Oc2ccccc2)cc1)N1C[C@@H]1c1ccccc1Cl. The molecule has 1 fully saturated rings. The normalized spacial score (nSPS) is 19.1. The summed E-state index contributed by atoms with van der Waals surface area (Å²) in [7, 11) is -3.55. The zero-order valence-corrected chi connectivity index (χ0v) is 15.3. The van der Waals surface area contributed by atoms with E-state index in [9.17, 15) is 8.42 Å². The van der Waals surface area contributed by atoms with Gasteiger partial charge in [-0.1, -0.05) is 48.0 Å². The number of ether oxygens (including phenoxy) is 1. The summed E-state index contributed by atoms with van der Waals surface area (Å²) in [5.74, 6) is 1.29. The second-order valence-corrected chi connectivity index (χ2v) is 8.30. The molecule has 0 aromatic heterocycles. The van der Waals surface area contributed by atoms with Gasteiger partial charge in [0.2, 0.25) is 10.0 Å². The molecule has 26 heavy (non-hydrogen) atoms. The van der Waals surface area contributed by atoms with Crippen molar-refractivity contribution in [2.75, 3.05) is 6.54 Å². The first-order chi connectivity index (χ1) is 12.6. The Labute approximate surface area is 157 Å². The Hall–Kier alpha value is -2.34. The van der Waals surface area contributed by atoms with E-state index in [0.717, 1.165) is 5.56 Å². The number of rotatable bonds is 5. The summed E-state index contributed by atoms with van der Waals surface area (Å²) in [6, 6.07) is 22.9. The molecule has 6 heteroatoms. The van der Waals surface area contributed by atoms with Crippen LogP contribution in [-0.2, 0) is 10.0 Å². The third-order valence-electron chi connectivity index (χ3n) is 4.24. The van der Waals surface area contributed by atoms with Gasteiger partial charge in [-0.2, -0.15) is 4.31 Å². The second-order valence-electron chi connectivity index (χ2n) is 6.00. The van der Waals surface area contributed by atoms with E-state index >= 15 is 0 Å². The first-order valence-electron chi connectivity index (χ1n) is 8.15. The number of halogens is 1. The monoisotopic (exact) mass is 385 g/mol. The van der Waals surface area contributed by atoms with E-state index in [1.807, 2.05) is 48.5 Å². The zero-order chi connectivity index (χ0) is 18.1. The zero-order valence-electron chi connectivity index (χ0n) is 13.7. The molecule has 0 radical (unpaired) electrons. The average Bonchev–Trinajstić information content (AvgIpc) is 3.45. The summed E-state index contributed by atoms with van der Waals surface area (Å²) in [6.45, 7) is 0.439. The molecule has 0 N–H and O–H groups in total. The topological polar surface area (TPSA) is 46.4 Å². The van der Waals surface area contributed by atoms with Crippen LogP contribution in [0.1, 0.15) is 11.6 Å². The lowest BCUT2D eigenvalue weighted by molar-refractivity contribution is 0.482. The van der Waals surface area contributed by atoms with E-state index in [1.165, 1.54) is 4.31 Å². The fraction of sp³-hybridized carbons (Fsp3) is 0.100. The average molecular weight is 386 g/mol. The first-order valence-corrected chi connectivity index (χ1v) is 9.97. The van der Waals surface area contributed by atoms with E-state index in [2.05, 4.69) is 0 Å². The maximum atomic E-state index is 12.8. The molecular formula is C20H16ClNO3S. The van der Waals surface area contributed by atoms with Crippen LogP contribution in [0.4, 0.5) is 0 Å². The predicted molar refractivity (Wildman–Crippen MR) is 101 cm³/mol. The number of para-hydroxylation sites is 1. The maximum absolute atomic E-state index is 12.8. The van der Waals surface area contributed by atoms with Crippen LogP contribution < -0.4 is 4.74 Å². The summed E-state index contributed by atoms with van der Waals surface area (Å²) in [4.78, 5) is 0.243. The van der Waals surface area contributed by atoms with Gasteiger partial charge in [0, 0.05) is 11.6 Å². The van der Waals surface area contributed by atoms with E-state index in [1.54, 1.807) is 30.3 Å². The number of hydrogen-bond acceptors (Lipinski definition) is 3. The minimum absolute atomic E-state index is 0.200. The standard InChI is InChI=1S/C20H16ClNO3S/c21-19-9-5-4-8-18(19)20-14-22(20)26(23,24)17-12-10-16(11-13-17)25-15-6-2-1-3-7-15/h1-13,20H,14H2/t20-,22?/m1/s1. The van der Waals surface area contributed by atoms with Gasteiger partial charge in [-0.3, -0.25) is 0 Å². The van der Waals surface area contributed by atoms with Crippen LogP contribution in [0.2, 0.25) is 5.02 Å². The van der Waals surface area contributed by atoms with Crippen molar-refractivity contribution < 1.29 is 13.2 Å². The third-order valence-corrected chi connectivity index (χ3v) is 6.47.